The van der Waals surface area contributed by atoms with E-state index in [1.165, 1.54) is 89.9 Å². The number of unbranched alkanes of at least 4 members (excludes halogenated alkanes) is 15. The molecule has 9 nitrogen and oxygen atoms in total. The zero-order chi connectivity index (χ0) is 29.7. The molecule has 40 heavy (non-hydrogen) atoms. The van der Waals surface area contributed by atoms with Gasteiger partial charge in [0.25, 0.3) is 0 Å². The third-order valence-electron chi connectivity index (χ3n) is 7.72. The Morgan fingerprint density at radius 2 is 1.40 bits per heavy atom. The van der Waals surface area contributed by atoms with E-state index < -0.39 is 20.7 Å². The minimum atomic E-state index is -4.32. The van der Waals surface area contributed by atoms with Crippen molar-refractivity contribution in [2.75, 3.05) is 54.1 Å². The number of ether oxygens (including phenoxy) is 1. The van der Waals surface area contributed by atoms with Crippen LogP contribution in [-0.4, -0.2) is 80.7 Å². The highest BCUT2D eigenvalue weighted by molar-refractivity contribution is 7.47. The van der Waals surface area contributed by atoms with Crippen molar-refractivity contribution in [3.05, 3.63) is 0 Å². The quantitative estimate of drug-likeness (QED) is 0.0580. The molecule has 1 rings (SSSR count). The molecular formula is C30H61N2O7P. The Labute approximate surface area is 245 Å². The Morgan fingerprint density at radius 3 is 1.90 bits per heavy atom. The summed E-state index contributed by atoms with van der Waals surface area (Å²) in [6.07, 6.45) is 20.9. The number of amides is 1. The SMILES string of the molecule is CCCCCCCCCCCCCCCCCCOC(=O)N1CCCC(COP(=O)(O)OCC([O-])[N+](C)(C)C)C1. The number of likely N-dealkylation sites (tertiary alicyclic amines) is 1. The molecule has 0 aromatic rings. The second-order valence-corrected chi connectivity index (χ2v) is 14.0. The van der Waals surface area contributed by atoms with Crippen molar-refractivity contribution in [2.24, 2.45) is 5.92 Å². The molecule has 0 aromatic carbocycles. The Balaban J connectivity index is 2.02. The summed E-state index contributed by atoms with van der Waals surface area (Å²) >= 11 is 0. The monoisotopic (exact) mass is 592 g/mol. The highest BCUT2D eigenvalue weighted by Gasteiger charge is 2.29. The number of carbonyl (C=O) groups excluding carboxylic acids is 1. The highest BCUT2D eigenvalue weighted by atomic mass is 31.2. The van der Waals surface area contributed by atoms with Gasteiger partial charge in [-0.05, 0) is 19.3 Å². The molecule has 3 atom stereocenters. The van der Waals surface area contributed by atoms with Gasteiger partial charge < -0.3 is 24.1 Å². The smallest absolute Gasteiger partial charge is 0.472 e. The van der Waals surface area contributed by atoms with Crippen molar-refractivity contribution in [1.82, 2.24) is 4.90 Å². The van der Waals surface area contributed by atoms with Crippen molar-refractivity contribution < 1.29 is 37.6 Å². The van der Waals surface area contributed by atoms with Gasteiger partial charge in [-0.1, -0.05) is 103 Å². The van der Waals surface area contributed by atoms with Crippen LogP contribution in [0.25, 0.3) is 0 Å². The minimum absolute atomic E-state index is 0.00934. The van der Waals surface area contributed by atoms with Crippen LogP contribution in [0.4, 0.5) is 4.79 Å². The lowest BCUT2D eigenvalue weighted by Crippen LogP contribution is -2.55. The fourth-order valence-corrected chi connectivity index (χ4v) is 5.68. The van der Waals surface area contributed by atoms with Crippen LogP contribution in [0.1, 0.15) is 122 Å². The summed E-state index contributed by atoms with van der Waals surface area (Å²) in [5.74, 6) is -0.0811. The van der Waals surface area contributed by atoms with Crippen LogP contribution >= 0.6 is 7.82 Å². The van der Waals surface area contributed by atoms with E-state index in [0.29, 0.717) is 19.7 Å². The maximum absolute atomic E-state index is 12.5. The topological polar surface area (TPSA) is 108 Å². The highest BCUT2D eigenvalue weighted by Crippen LogP contribution is 2.44. The van der Waals surface area contributed by atoms with Gasteiger partial charge in [0.15, 0.2) is 0 Å². The first-order valence-corrected chi connectivity index (χ1v) is 17.5. The molecule has 1 N–H and O–H groups in total. The number of phosphoric ester groups is 1. The minimum Gasteiger partial charge on any atom is -0.804 e. The van der Waals surface area contributed by atoms with Gasteiger partial charge in [0.2, 0.25) is 0 Å². The van der Waals surface area contributed by atoms with E-state index in [2.05, 4.69) is 6.92 Å². The van der Waals surface area contributed by atoms with Crippen LogP contribution in [0.3, 0.4) is 0 Å². The van der Waals surface area contributed by atoms with Crippen molar-refractivity contribution in [1.29, 1.82) is 0 Å². The van der Waals surface area contributed by atoms with Crippen LogP contribution in [0.15, 0.2) is 0 Å². The largest absolute Gasteiger partial charge is 0.804 e. The summed E-state index contributed by atoms with van der Waals surface area (Å²) in [5, 5.41) is 12.0. The summed E-state index contributed by atoms with van der Waals surface area (Å²) in [4.78, 5) is 24.0. The number of hydrogen-bond donors (Lipinski definition) is 1. The molecule has 1 fully saturated rings. The molecule has 3 unspecified atom stereocenters. The second kappa shape index (κ2) is 21.9. The zero-order valence-electron chi connectivity index (χ0n) is 26.2. The van der Waals surface area contributed by atoms with Gasteiger partial charge in [-0.15, -0.1) is 0 Å². The molecule has 0 radical (unpaired) electrons. The molecule has 1 amide bonds. The predicted molar refractivity (Wildman–Crippen MR) is 159 cm³/mol. The molecule has 0 bridgehead atoms. The van der Waals surface area contributed by atoms with Gasteiger partial charge in [-0.3, -0.25) is 9.05 Å². The van der Waals surface area contributed by atoms with Gasteiger partial charge in [0, 0.05) is 25.2 Å². The molecule has 10 heteroatoms. The summed E-state index contributed by atoms with van der Waals surface area (Å²) < 4.78 is 27.7. The molecule has 0 spiro atoms. The number of hydrogen-bond acceptors (Lipinski definition) is 6. The third kappa shape index (κ3) is 19.4. The molecule has 0 aliphatic carbocycles. The van der Waals surface area contributed by atoms with Gasteiger partial charge in [0.1, 0.15) is 0 Å². The molecule has 0 aromatic heterocycles. The van der Waals surface area contributed by atoms with E-state index in [1.807, 2.05) is 0 Å². The lowest BCUT2D eigenvalue weighted by atomic mass is 10.00. The van der Waals surface area contributed by atoms with E-state index >= 15 is 0 Å². The average Bonchev–Trinajstić information content (AvgIpc) is 2.92. The summed E-state index contributed by atoms with van der Waals surface area (Å²) in [7, 11) is 0.765. The molecular weight excluding hydrogens is 531 g/mol. The van der Waals surface area contributed by atoms with Crippen LogP contribution in [0.5, 0.6) is 0 Å². The summed E-state index contributed by atoms with van der Waals surface area (Å²) in [6.45, 7) is 3.30. The van der Waals surface area contributed by atoms with E-state index in [1.54, 1.807) is 26.0 Å². The molecule has 1 aliphatic heterocycles. The Bertz CT molecular complexity index is 689. The molecule has 1 heterocycles. The standard InChI is InChI=1S/C30H61N2O7P/c1-5-6-7-8-9-10-11-12-13-14-15-16-17-18-19-20-24-37-30(34)31-23-21-22-28(25-31)26-38-40(35,36)39-27-29(33)32(2,3)4/h28-29H,5-27H2,1-4H3,(H,35,36). The van der Waals surface area contributed by atoms with Gasteiger partial charge in [-0.25, -0.2) is 9.36 Å². The van der Waals surface area contributed by atoms with Crippen LogP contribution < -0.4 is 5.11 Å². The number of piperidine rings is 1. The van der Waals surface area contributed by atoms with E-state index in [-0.39, 0.29) is 23.1 Å². The first-order chi connectivity index (χ1) is 19.0. The maximum atomic E-state index is 12.5. The number of carbonyl (C=O) groups is 1. The Kier molecular flexibility index (Phi) is 20.5. The first kappa shape index (κ1) is 37.3. The lowest BCUT2D eigenvalue weighted by molar-refractivity contribution is -0.969. The third-order valence-corrected chi connectivity index (χ3v) is 8.67. The predicted octanol–water partition coefficient (Wildman–Crippen LogP) is 6.62. The Morgan fingerprint density at radius 1 is 0.900 bits per heavy atom. The van der Waals surface area contributed by atoms with Crippen LogP contribution in [0, 0.1) is 5.92 Å². The van der Waals surface area contributed by atoms with E-state index in [4.69, 9.17) is 13.8 Å². The average molecular weight is 593 g/mol. The zero-order valence-corrected chi connectivity index (χ0v) is 27.1. The number of quaternary nitrogens is 1. The van der Waals surface area contributed by atoms with Crippen molar-refractivity contribution >= 4 is 13.9 Å². The fourth-order valence-electron chi connectivity index (χ4n) is 4.89. The molecule has 238 valence electrons. The van der Waals surface area contributed by atoms with Crippen molar-refractivity contribution in [2.45, 2.75) is 129 Å². The summed E-state index contributed by atoms with van der Waals surface area (Å²) in [5.41, 5.74) is 0. The summed E-state index contributed by atoms with van der Waals surface area (Å²) in [6, 6.07) is 0. The van der Waals surface area contributed by atoms with E-state index in [9.17, 15) is 19.4 Å². The number of nitrogens with zero attached hydrogens (tertiary/aromatic N) is 2. The number of phosphoric acid groups is 1. The van der Waals surface area contributed by atoms with Gasteiger partial charge in [0.05, 0.1) is 41.0 Å². The lowest BCUT2D eigenvalue weighted by Gasteiger charge is -2.38. The molecule has 1 saturated heterocycles. The van der Waals surface area contributed by atoms with Crippen LogP contribution in [-0.2, 0) is 18.3 Å². The first-order valence-electron chi connectivity index (χ1n) is 16.1. The number of rotatable bonds is 24. The molecule has 1 aliphatic rings. The Hall–Kier alpha value is -0.700. The number of likely N-dealkylation sites (N-methyl/N-ethyl adjacent to an activating group) is 1. The van der Waals surface area contributed by atoms with Crippen molar-refractivity contribution in [3.63, 3.8) is 0 Å². The fraction of sp³-hybridized carbons (Fsp3) is 0.967. The van der Waals surface area contributed by atoms with Crippen molar-refractivity contribution in [3.8, 4) is 0 Å². The normalized spacial score (nSPS) is 18.4. The van der Waals surface area contributed by atoms with Crippen LogP contribution in [0.2, 0.25) is 0 Å². The second-order valence-electron chi connectivity index (χ2n) is 12.5. The van der Waals surface area contributed by atoms with E-state index in [0.717, 1.165) is 25.7 Å². The maximum Gasteiger partial charge on any atom is 0.472 e. The van der Waals surface area contributed by atoms with Gasteiger partial charge in [-0.2, -0.15) is 0 Å². The van der Waals surface area contributed by atoms with Gasteiger partial charge >= 0.3 is 13.9 Å². The molecule has 0 saturated carbocycles.